The van der Waals surface area contributed by atoms with E-state index in [9.17, 15) is 0 Å². The summed E-state index contributed by atoms with van der Waals surface area (Å²) in [7, 11) is 0. The Bertz CT molecular complexity index is 385. The lowest BCUT2D eigenvalue weighted by Crippen LogP contribution is -2.48. The number of nitrogens with one attached hydrogen (secondary N) is 1. The average Bonchev–Trinajstić information content (AvgIpc) is 2.40. The maximum atomic E-state index is 6.00. The summed E-state index contributed by atoms with van der Waals surface area (Å²) in [5, 5.41) is 1.06. The lowest BCUT2D eigenvalue weighted by molar-refractivity contribution is -0.153. The SMILES string of the molecule is CCOC(OCC)C(Cc1ccc(Cl)c(Cl)c1)NN. The molecule has 4 nitrogen and oxygen atoms in total. The Balaban J connectivity index is 2.75. The van der Waals surface area contributed by atoms with Gasteiger partial charge in [0.05, 0.1) is 16.1 Å². The van der Waals surface area contributed by atoms with Crippen molar-refractivity contribution in [1.29, 1.82) is 0 Å². The summed E-state index contributed by atoms with van der Waals surface area (Å²) in [5.41, 5.74) is 3.74. The Morgan fingerprint density at radius 3 is 2.26 bits per heavy atom. The minimum atomic E-state index is -0.394. The van der Waals surface area contributed by atoms with E-state index in [2.05, 4.69) is 5.43 Å². The molecule has 0 saturated heterocycles. The molecule has 1 aromatic carbocycles. The number of hydrazine groups is 1. The first-order valence-electron chi connectivity index (χ1n) is 6.25. The van der Waals surface area contributed by atoms with E-state index in [1.165, 1.54) is 0 Å². The van der Waals surface area contributed by atoms with Crippen molar-refractivity contribution in [2.45, 2.75) is 32.6 Å². The summed E-state index contributed by atoms with van der Waals surface area (Å²) in [6.45, 7) is 4.95. The summed E-state index contributed by atoms with van der Waals surface area (Å²) >= 11 is 11.9. The normalized spacial score (nSPS) is 12.9. The van der Waals surface area contributed by atoms with Gasteiger partial charge in [-0.05, 0) is 38.0 Å². The first kappa shape index (κ1) is 16.7. The van der Waals surface area contributed by atoms with Gasteiger partial charge in [-0.3, -0.25) is 11.3 Å². The summed E-state index contributed by atoms with van der Waals surface area (Å²) in [6.07, 6.45) is 0.243. The predicted octanol–water partition coefficient (Wildman–Crippen LogP) is 2.77. The van der Waals surface area contributed by atoms with Crippen LogP contribution in [0.5, 0.6) is 0 Å². The highest BCUT2D eigenvalue weighted by atomic mass is 35.5. The predicted molar refractivity (Wildman–Crippen MR) is 78.3 cm³/mol. The monoisotopic (exact) mass is 306 g/mol. The zero-order valence-corrected chi connectivity index (χ0v) is 12.7. The van der Waals surface area contributed by atoms with Crippen molar-refractivity contribution in [2.75, 3.05) is 13.2 Å². The molecule has 1 atom stereocenters. The molecule has 0 spiro atoms. The number of benzene rings is 1. The van der Waals surface area contributed by atoms with E-state index in [0.717, 1.165) is 5.56 Å². The van der Waals surface area contributed by atoms with Crippen LogP contribution >= 0.6 is 23.2 Å². The minimum absolute atomic E-state index is 0.155. The number of hydrogen-bond acceptors (Lipinski definition) is 4. The van der Waals surface area contributed by atoms with Gasteiger partial charge in [-0.25, -0.2) is 0 Å². The Labute approximate surface area is 124 Å². The fraction of sp³-hybridized carbons (Fsp3) is 0.538. The van der Waals surface area contributed by atoms with Crippen LogP contribution in [0.4, 0.5) is 0 Å². The van der Waals surface area contributed by atoms with Gasteiger partial charge in [-0.2, -0.15) is 0 Å². The van der Waals surface area contributed by atoms with Crippen molar-refractivity contribution in [3.05, 3.63) is 33.8 Å². The molecule has 0 amide bonds. The molecule has 0 aliphatic heterocycles. The fourth-order valence-electron chi connectivity index (χ4n) is 1.76. The molecule has 1 rings (SSSR count). The fourth-order valence-corrected chi connectivity index (χ4v) is 2.08. The van der Waals surface area contributed by atoms with E-state index < -0.39 is 6.29 Å². The molecule has 1 aromatic rings. The van der Waals surface area contributed by atoms with Crippen molar-refractivity contribution < 1.29 is 9.47 Å². The first-order valence-corrected chi connectivity index (χ1v) is 7.01. The standard InChI is InChI=1S/C13H20Cl2N2O2/c1-3-18-13(19-4-2)12(17-16)8-9-5-6-10(14)11(15)7-9/h5-7,12-13,17H,3-4,8,16H2,1-2H3. The number of hydrogen-bond donors (Lipinski definition) is 2. The van der Waals surface area contributed by atoms with Crippen LogP contribution in [0, 0.1) is 0 Å². The quantitative estimate of drug-likeness (QED) is 0.440. The van der Waals surface area contributed by atoms with Crippen molar-refractivity contribution in [3.8, 4) is 0 Å². The topological polar surface area (TPSA) is 56.5 Å². The van der Waals surface area contributed by atoms with Crippen molar-refractivity contribution in [2.24, 2.45) is 5.84 Å². The Hall–Kier alpha value is -0.360. The van der Waals surface area contributed by atoms with Crippen LogP contribution in [0.15, 0.2) is 18.2 Å². The zero-order chi connectivity index (χ0) is 14.3. The Morgan fingerprint density at radius 2 is 1.79 bits per heavy atom. The highest BCUT2D eigenvalue weighted by Crippen LogP contribution is 2.23. The summed E-state index contributed by atoms with van der Waals surface area (Å²) in [4.78, 5) is 0. The first-order chi connectivity index (χ1) is 9.12. The van der Waals surface area contributed by atoms with Gasteiger partial charge >= 0.3 is 0 Å². The Kier molecular flexibility index (Phi) is 7.68. The second-order valence-corrected chi connectivity index (χ2v) is 4.82. The molecule has 6 heteroatoms. The third-order valence-electron chi connectivity index (χ3n) is 2.64. The van der Waals surface area contributed by atoms with E-state index in [0.29, 0.717) is 29.7 Å². The molecule has 0 aliphatic rings. The van der Waals surface area contributed by atoms with E-state index in [4.69, 9.17) is 38.5 Å². The molecule has 3 N–H and O–H groups in total. The van der Waals surface area contributed by atoms with Gasteiger partial charge in [0, 0.05) is 13.2 Å². The van der Waals surface area contributed by atoms with Crippen LogP contribution in [0.3, 0.4) is 0 Å². The number of ether oxygens (including phenoxy) is 2. The lowest BCUT2D eigenvalue weighted by atomic mass is 10.1. The molecular weight excluding hydrogens is 287 g/mol. The number of halogens is 2. The summed E-state index contributed by atoms with van der Waals surface area (Å²) < 4.78 is 11.1. The van der Waals surface area contributed by atoms with Crippen LogP contribution < -0.4 is 11.3 Å². The molecule has 0 heterocycles. The highest BCUT2D eigenvalue weighted by Gasteiger charge is 2.21. The molecule has 0 bridgehead atoms. The lowest BCUT2D eigenvalue weighted by Gasteiger charge is -2.26. The van der Waals surface area contributed by atoms with E-state index in [1.807, 2.05) is 26.0 Å². The van der Waals surface area contributed by atoms with Crippen LogP contribution in [0.1, 0.15) is 19.4 Å². The van der Waals surface area contributed by atoms with E-state index in [-0.39, 0.29) is 6.04 Å². The summed E-state index contributed by atoms with van der Waals surface area (Å²) in [5.74, 6) is 5.58. The van der Waals surface area contributed by atoms with Gasteiger partial charge in [0.2, 0.25) is 0 Å². The number of rotatable bonds is 8. The second-order valence-electron chi connectivity index (χ2n) is 4.00. The van der Waals surface area contributed by atoms with E-state index >= 15 is 0 Å². The average molecular weight is 307 g/mol. The summed E-state index contributed by atoms with van der Waals surface area (Å²) in [6, 6.07) is 5.34. The molecule has 19 heavy (non-hydrogen) atoms. The van der Waals surface area contributed by atoms with Gasteiger partial charge in [-0.15, -0.1) is 0 Å². The molecule has 0 radical (unpaired) electrons. The molecule has 108 valence electrons. The molecule has 0 saturated carbocycles. The van der Waals surface area contributed by atoms with Gasteiger partial charge in [-0.1, -0.05) is 29.3 Å². The van der Waals surface area contributed by atoms with Gasteiger partial charge in [0.25, 0.3) is 0 Å². The third-order valence-corrected chi connectivity index (χ3v) is 3.38. The van der Waals surface area contributed by atoms with Crippen molar-refractivity contribution >= 4 is 23.2 Å². The van der Waals surface area contributed by atoms with Crippen LogP contribution in [0.25, 0.3) is 0 Å². The molecule has 0 aromatic heterocycles. The van der Waals surface area contributed by atoms with Gasteiger partial charge in [0.1, 0.15) is 0 Å². The van der Waals surface area contributed by atoms with Crippen LogP contribution in [-0.4, -0.2) is 25.5 Å². The molecule has 1 unspecified atom stereocenters. The maximum absolute atomic E-state index is 6.00. The third kappa shape index (κ3) is 5.26. The molecular formula is C13H20Cl2N2O2. The zero-order valence-electron chi connectivity index (χ0n) is 11.2. The molecule has 0 fully saturated rings. The van der Waals surface area contributed by atoms with Crippen molar-refractivity contribution in [3.63, 3.8) is 0 Å². The highest BCUT2D eigenvalue weighted by molar-refractivity contribution is 6.42. The van der Waals surface area contributed by atoms with Crippen LogP contribution in [0.2, 0.25) is 10.0 Å². The van der Waals surface area contributed by atoms with Gasteiger partial charge < -0.3 is 9.47 Å². The van der Waals surface area contributed by atoms with Gasteiger partial charge in [0.15, 0.2) is 6.29 Å². The largest absolute Gasteiger partial charge is 0.351 e. The smallest absolute Gasteiger partial charge is 0.174 e. The second kappa shape index (κ2) is 8.74. The van der Waals surface area contributed by atoms with E-state index in [1.54, 1.807) is 6.07 Å². The van der Waals surface area contributed by atoms with Crippen molar-refractivity contribution in [1.82, 2.24) is 5.43 Å². The minimum Gasteiger partial charge on any atom is -0.351 e. The van der Waals surface area contributed by atoms with Crippen LogP contribution in [-0.2, 0) is 15.9 Å². The maximum Gasteiger partial charge on any atom is 0.174 e. The number of nitrogens with two attached hydrogens (primary N) is 1. The Morgan fingerprint density at radius 1 is 1.16 bits per heavy atom. The molecule has 0 aliphatic carbocycles.